The first-order valence-corrected chi connectivity index (χ1v) is 8.57. The molecule has 0 aliphatic heterocycles. The largest absolute Gasteiger partial charge is 0.507 e. The van der Waals surface area contributed by atoms with Gasteiger partial charge < -0.3 is 5.11 Å². The van der Waals surface area contributed by atoms with Crippen molar-refractivity contribution in [3.8, 4) is 5.75 Å². The molecule has 0 heterocycles. The van der Waals surface area contributed by atoms with Gasteiger partial charge in [-0.3, -0.25) is 10.3 Å². The van der Waals surface area contributed by atoms with Gasteiger partial charge in [0, 0.05) is 13.5 Å². The number of rotatable bonds is 4. The summed E-state index contributed by atoms with van der Waals surface area (Å²) in [5, 5.41) is 21.0. The second kappa shape index (κ2) is 7.18. The Bertz CT molecular complexity index is 531. The zero-order valence-electron chi connectivity index (χ0n) is 15.5. The van der Waals surface area contributed by atoms with E-state index in [0.29, 0.717) is 17.2 Å². The normalized spacial score (nSPS) is 12.3. The van der Waals surface area contributed by atoms with Gasteiger partial charge in [-0.25, -0.2) is 0 Å². The van der Waals surface area contributed by atoms with E-state index in [1.807, 2.05) is 0 Å². The molecule has 0 radical (unpaired) electrons. The molecule has 4 heteroatoms. The molecule has 0 atom stereocenters. The third kappa shape index (κ3) is 5.47. The van der Waals surface area contributed by atoms with Crippen LogP contribution in [0.4, 0.5) is 0 Å². The summed E-state index contributed by atoms with van der Waals surface area (Å²) in [6.45, 7) is 12.7. The van der Waals surface area contributed by atoms with E-state index in [2.05, 4.69) is 53.7 Å². The fraction of sp³-hybridized carbons (Fsp3) is 0.632. The van der Waals surface area contributed by atoms with Crippen molar-refractivity contribution in [1.29, 1.82) is 0 Å². The van der Waals surface area contributed by atoms with Crippen LogP contribution in [0.5, 0.6) is 5.75 Å². The molecule has 0 aliphatic rings. The Labute approximate surface area is 146 Å². The predicted octanol–water partition coefficient (Wildman–Crippen LogP) is 4.96. The molecular formula is C19H31NO2S. The van der Waals surface area contributed by atoms with E-state index in [1.165, 1.54) is 5.56 Å². The first kappa shape index (κ1) is 19.9. The highest BCUT2D eigenvalue weighted by Gasteiger charge is 2.26. The van der Waals surface area contributed by atoms with E-state index in [-0.39, 0.29) is 10.8 Å². The summed E-state index contributed by atoms with van der Waals surface area (Å²) in [6.07, 6.45) is 2.43. The van der Waals surface area contributed by atoms with Crippen LogP contribution in [0.1, 0.15) is 71.1 Å². The van der Waals surface area contributed by atoms with E-state index in [9.17, 15) is 10.3 Å². The number of hydroxylamine groups is 2. The summed E-state index contributed by atoms with van der Waals surface area (Å²) < 4.78 is 0. The molecule has 1 aromatic rings. The SMILES string of the molecule is CN(O)C(=S)CCCc1cc(C(C)(C)C)c(O)c(C(C)(C)C)c1. The summed E-state index contributed by atoms with van der Waals surface area (Å²) in [6, 6.07) is 4.21. The minimum absolute atomic E-state index is 0.110. The number of hydrogen-bond donors (Lipinski definition) is 2. The van der Waals surface area contributed by atoms with Crippen molar-refractivity contribution in [2.24, 2.45) is 0 Å². The third-order valence-electron chi connectivity index (χ3n) is 4.00. The zero-order valence-corrected chi connectivity index (χ0v) is 16.3. The summed E-state index contributed by atoms with van der Waals surface area (Å²) in [7, 11) is 1.55. The van der Waals surface area contributed by atoms with Gasteiger partial charge >= 0.3 is 0 Å². The van der Waals surface area contributed by atoms with Gasteiger partial charge in [0.1, 0.15) is 10.7 Å². The molecule has 1 aromatic carbocycles. The van der Waals surface area contributed by atoms with Crippen LogP contribution in [0, 0.1) is 0 Å². The van der Waals surface area contributed by atoms with Gasteiger partial charge in [0.15, 0.2) is 0 Å². The molecule has 0 saturated carbocycles. The summed E-state index contributed by atoms with van der Waals surface area (Å²) in [4.78, 5) is 0.552. The van der Waals surface area contributed by atoms with Crippen molar-refractivity contribution in [3.63, 3.8) is 0 Å². The lowest BCUT2D eigenvalue weighted by molar-refractivity contribution is 0.0142. The summed E-state index contributed by atoms with van der Waals surface area (Å²) in [5.74, 6) is 0.416. The molecule has 0 amide bonds. The van der Waals surface area contributed by atoms with Gasteiger partial charge in [-0.1, -0.05) is 65.9 Å². The maximum atomic E-state index is 10.7. The highest BCUT2D eigenvalue weighted by atomic mass is 32.1. The molecule has 0 unspecified atom stereocenters. The minimum atomic E-state index is -0.110. The third-order valence-corrected chi connectivity index (χ3v) is 4.47. The maximum Gasteiger partial charge on any atom is 0.123 e. The number of phenolic OH excluding ortho intramolecular Hbond substituents is 1. The van der Waals surface area contributed by atoms with Crippen molar-refractivity contribution in [2.75, 3.05) is 7.05 Å². The van der Waals surface area contributed by atoms with Crippen molar-refractivity contribution >= 4 is 17.2 Å². The number of nitrogens with zero attached hydrogens (tertiary/aromatic N) is 1. The molecule has 23 heavy (non-hydrogen) atoms. The van der Waals surface area contributed by atoms with Crippen molar-refractivity contribution < 1.29 is 10.3 Å². The van der Waals surface area contributed by atoms with E-state index < -0.39 is 0 Å². The molecule has 0 aromatic heterocycles. The lowest BCUT2D eigenvalue weighted by Gasteiger charge is -2.28. The van der Waals surface area contributed by atoms with Crippen LogP contribution in [0.15, 0.2) is 12.1 Å². The Morgan fingerprint density at radius 2 is 1.48 bits per heavy atom. The smallest absolute Gasteiger partial charge is 0.123 e. The second-order valence-corrected chi connectivity index (χ2v) is 8.78. The van der Waals surface area contributed by atoms with Crippen LogP contribution >= 0.6 is 12.2 Å². The highest BCUT2D eigenvalue weighted by molar-refractivity contribution is 7.80. The number of hydrogen-bond acceptors (Lipinski definition) is 3. The van der Waals surface area contributed by atoms with Gasteiger partial charge in [-0.15, -0.1) is 0 Å². The number of benzene rings is 1. The molecule has 0 fully saturated rings. The van der Waals surface area contributed by atoms with Crippen LogP contribution < -0.4 is 0 Å². The van der Waals surface area contributed by atoms with Gasteiger partial charge in [0.2, 0.25) is 0 Å². The fourth-order valence-corrected chi connectivity index (χ4v) is 2.73. The topological polar surface area (TPSA) is 43.7 Å². The summed E-state index contributed by atoms with van der Waals surface area (Å²) in [5.41, 5.74) is 2.96. The van der Waals surface area contributed by atoms with Gasteiger partial charge in [-0.2, -0.15) is 0 Å². The van der Waals surface area contributed by atoms with Gasteiger partial charge in [0.25, 0.3) is 0 Å². The molecular weight excluding hydrogens is 306 g/mol. The van der Waals surface area contributed by atoms with E-state index >= 15 is 0 Å². The van der Waals surface area contributed by atoms with E-state index in [0.717, 1.165) is 29.0 Å². The first-order valence-electron chi connectivity index (χ1n) is 8.16. The van der Waals surface area contributed by atoms with Crippen LogP contribution in [-0.4, -0.2) is 27.4 Å². The lowest BCUT2D eigenvalue weighted by atomic mass is 9.78. The molecule has 0 aliphatic carbocycles. The van der Waals surface area contributed by atoms with Crippen molar-refractivity contribution in [3.05, 3.63) is 28.8 Å². The van der Waals surface area contributed by atoms with Crippen LogP contribution in [0.2, 0.25) is 0 Å². The predicted molar refractivity (Wildman–Crippen MR) is 101 cm³/mol. The average molecular weight is 338 g/mol. The molecule has 130 valence electrons. The molecule has 2 N–H and O–H groups in total. The van der Waals surface area contributed by atoms with Crippen LogP contribution in [0.25, 0.3) is 0 Å². The first-order chi connectivity index (χ1) is 10.3. The Morgan fingerprint density at radius 3 is 1.83 bits per heavy atom. The number of aromatic hydroxyl groups is 1. The molecule has 0 spiro atoms. The molecule has 1 rings (SSSR count). The fourth-order valence-electron chi connectivity index (χ4n) is 2.59. The molecule has 0 bridgehead atoms. The Kier molecular flexibility index (Phi) is 6.22. The van der Waals surface area contributed by atoms with E-state index in [1.54, 1.807) is 7.05 Å². The quantitative estimate of drug-likeness (QED) is 0.602. The second-order valence-electron chi connectivity index (χ2n) is 8.31. The zero-order chi connectivity index (χ0) is 18.0. The molecule has 3 nitrogen and oxygen atoms in total. The monoisotopic (exact) mass is 337 g/mol. The van der Waals surface area contributed by atoms with Crippen LogP contribution in [-0.2, 0) is 17.3 Å². The maximum absolute atomic E-state index is 10.7. The van der Waals surface area contributed by atoms with E-state index in [4.69, 9.17) is 12.2 Å². The van der Waals surface area contributed by atoms with Crippen LogP contribution in [0.3, 0.4) is 0 Å². The van der Waals surface area contributed by atoms with Gasteiger partial charge in [-0.05, 0) is 40.4 Å². The highest BCUT2D eigenvalue weighted by Crippen LogP contribution is 2.40. The van der Waals surface area contributed by atoms with Crippen molar-refractivity contribution in [2.45, 2.75) is 71.6 Å². The Hall–Kier alpha value is -1.13. The molecule has 0 saturated heterocycles. The number of thiocarbonyl (C=S) groups is 1. The minimum Gasteiger partial charge on any atom is -0.507 e. The van der Waals surface area contributed by atoms with Gasteiger partial charge in [0.05, 0.1) is 0 Å². The summed E-state index contributed by atoms with van der Waals surface area (Å²) >= 11 is 5.12. The van der Waals surface area contributed by atoms with Crippen molar-refractivity contribution in [1.82, 2.24) is 5.06 Å². The lowest BCUT2D eigenvalue weighted by Crippen LogP contribution is -2.20. The number of aryl methyl sites for hydroxylation is 1. The Balaban J connectivity index is 3.11. The average Bonchev–Trinajstić information content (AvgIpc) is 2.37. The number of phenols is 1. The Morgan fingerprint density at radius 1 is 1.04 bits per heavy atom. The standard InChI is InChI=1S/C19H31NO2S/c1-18(2,3)14-11-13(9-8-10-16(23)20(7)22)12-15(17(14)21)19(4,5)6/h11-12,21-22H,8-10H2,1-7H3.